The van der Waals surface area contributed by atoms with Gasteiger partial charge in [0.25, 0.3) is 0 Å². The number of benzene rings is 1. The fourth-order valence-electron chi connectivity index (χ4n) is 2.51. The normalized spacial score (nSPS) is 15.9. The number of sulfone groups is 1. The lowest BCUT2D eigenvalue weighted by Gasteiger charge is -2.14. The van der Waals surface area contributed by atoms with Crippen LogP contribution in [0.2, 0.25) is 5.02 Å². The van der Waals surface area contributed by atoms with Crippen LogP contribution in [0.1, 0.15) is 34.9 Å². The van der Waals surface area contributed by atoms with Crippen molar-refractivity contribution in [3.05, 3.63) is 47.0 Å². The number of carbonyl (C=O) groups is 2. The Labute approximate surface area is 144 Å². The number of nitrogens with zero attached hydrogens (tertiary/aromatic N) is 1. The van der Waals surface area contributed by atoms with Gasteiger partial charge in [0.2, 0.25) is 0 Å². The zero-order valence-electron chi connectivity index (χ0n) is 12.8. The first-order valence-corrected chi connectivity index (χ1v) is 9.63. The molecule has 1 saturated carbocycles. The SMILES string of the molecule is CS(=O)(=O)c1ccc(C(=O)C(C(=O)C2CC2)c2ncc[nH]2)c(Cl)c1. The molecule has 2 aromatic rings. The second-order valence-electron chi connectivity index (χ2n) is 5.86. The van der Waals surface area contributed by atoms with Crippen LogP contribution in [0.25, 0.3) is 0 Å². The molecule has 1 aromatic carbocycles. The zero-order valence-corrected chi connectivity index (χ0v) is 14.4. The fourth-order valence-corrected chi connectivity index (χ4v) is 3.49. The van der Waals surface area contributed by atoms with Crippen LogP contribution in [0.3, 0.4) is 0 Å². The third kappa shape index (κ3) is 3.27. The highest BCUT2D eigenvalue weighted by Gasteiger charge is 2.41. The zero-order chi connectivity index (χ0) is 17.5. The minimum atomic E-state index is -3.43. The van der Waals surface area contributed by atoms with Gasteiger partial charge in [0.05, 0.1) is 9.92 Å². The molecule has 1 atom stereocenters. The van der Waals surface area contributed by atoms with Gasteiger partial charge in [-0.25, -0.2) is 13.4 Å². The van der Waals surface area contributed by atoms with Gasteiger partial charge < -0.3 is 4.98 Å². The number of aromatic nitrogens is 2. The first kappa shape index (κ1) is 16.9. The summed E-state index contributed by atoms with van der Waals surface area (Å²) in [5.74, 6) is -1.56. The largest absolute Gasteiger partial charge is 0.348 e. The van der Waals surface area contributed by atoms with Crippen LogP contribution in [0.5, 0.6) is 0 Å². The van der Waals surface area contributed by atoms with E-state index in [-0.39, 0.29) is 33.0 Å². The van der Waals surface area contributed by atoms with Crippen molar-refractivity contribution >= 4 is 33.0 Å². The van der Waals surface area contributed by atoms with Crippen LogP contribution in [-0.2, 0) is 14.6 Å². The average molecular weight is 367 g/mol. The molecule has 0 bridgehead atoms. The molecule has 0 amide bonds. The Hall–Kier alpha value is -1.99. The number of nitrogens with one attached hydrogen (secondary N) is 1. The Morgan fingerprint density at radius 1 is 1.33 bits per heavy atom. The minimum Gasteiger partial charge on any atom is -0.348 e. The quantitative estimate of drug-likeness (QED) is 0.625. The van der Waals surface area contributed by atoms with Crippen molar-refractivity contribution in [1.29, 1.82) is 0 Å². The smallest absolute Gasteiger partial charge is 0.182 e. The molecule has 0 spiro atoms. The van der Waals surface area contributed by atoms with Gasteiger partial charge in [-0.15, -0.1) is 0 Å². The van der Waals surface area contributed by atoms with Gasteiger partial charge >= 0.3 is 0 Å². The van der Waals surface area contributed by atoms with Crippen molar-refractivity contribution in [2.45, 2.75) is 23.7 Å². The van der Waals surface area contributed by atoms with Crippen LogP contribution in [-0.4, -0.2) is 36.2 Å². The molecule has 1 aliphatic rings. The third-order valence-electron chi connectivity index (χ3n) is 3.95. The topological polar surface area (TPSA) is 97.0 Å². The highest BCUT2D eigenvalue weighted by molar-refractivity contribution is 7.90. The molecule has 126 valence electrons. The molecule has 6 nitrogen and oxygen atoms in total. The van der Waals surface area contributed by atoms with E-state index in [0.29, 0.717) is 0 Å². The van der Waals surface area contributed by atoms with Gasteiger partial charge in [-0.2, -0.15) is 0 Å². The summed E-state index contributed by atoms with van der Waals surface area (Å²) < 4.78 is 23.2. The average Bonchev–Trinajstić information content (AvgIpc) is 3.23. The molecular formula is C16H15ClN2O4S. The maximum absolute atomic E-state index is 12.9. The number of hydrogen-bond donors (Lipinski definition) is 1. The van der Waals surface area contributed by atoms with Crippen LogP contribution in [0, 0.1) is 5.92 Å². The highest BCUT2D eigenvalue weighted by Crippen LogP contribution is 2.37. The van der Waals surface area contributed by atoms with Crippen LogP contribution in [0.4, 0.5) is 0 Å². The standard InChI is InChI=1S/C16H15ClN2O4S/c1-24(22,23)10-4-5-11(12(17)8-10)15(21)13(14(20)9-2-3-9)16-18-6-7-19-16/h4-9,13H,2-3H2,1H3,(H,18,19). The fraction of sp³-hybridized carbons (Fsp3) is 0.312. The number of Topliss-reactive ketones (excluding diaryl/α,β-unsaturated/α-hetero) is 2. The molecule has 0 saturated heterocycles. The second-order valence-corrected chi connectivity index (χ2v) is 8.29. The Balaban J connectivity index is 2.00. The van der Waals surface area contributed by atoms with E-state index in [9.17, 15) is 18.0 Å². The Morgan fingerprint density at radius 3 is 2.54 bits per heavy atom. The maximum atomic E-state index is 12.9. The third-order valence-corrected chi connectivity index (χ3v) is 5.38. The van der Waals surface area contributed by atoms with E-state index in [2.05, 4.69) is 9.97 Å². The number of hydrogen-bond acceptors (Lipinski definition) is 5. The van der Waals surface area contributed by atoms with Crippen molar-refractivity contribution in [3.8, 4) is 0 Å². The number of imidazole rings is 1. The Kier molecular flexibility index (Phi) is 4.31. The van der Waals surface area contributed by atoms with E-state index >= 15 is 0 Å². The summed E-state index contributed by atoms with van der Waals surface area (Å²) in [6, 6.07) is 3.89. The van der Waals surface area contributed by atoms with Crippen LogP contribution < -0.4 is 0 Å². The number of halogens is 1. The number of H-pyrrole nitrogens is 1. The number of rotatable bonds is 6. The monoisotopic (exact) mass is 366 g/mol. The molecule has 1 heterocycles. The summed E-state index contributed by atoms with van der Waals surface area (Å²) in [4.78, 5) is 32.3. The predicted octanol–water partition coefficient (Wildman–Crippen LogP) is 2.41. The summed E-state index contributed by atoms with van der Waals surface area (Å²) in [6.07, 6.45) is 5.62. The number of carbonyl (C=O) groups excluding carboxylic acids is 2. The lowest BCUT2D eigenvalue weighted by Crippen LogP contribution is -2.25. The van der Waals surface area contributed by atoms with Crippen molar-refractivity contribution in [1.82, 2.24) is 9.97 Å². The van der Waals surface area contributed by atoms with E-state index in [1.165, 1.54) is 24.4 Å². The van der Waals surface area contributed by atoms with Gasteiger partial charge in [0.15, 0.2) is 21.4 Å². The first-order valence-electron chi connectivity index (χ1n) is 7.36. The van der Waals surface area contributed by atoms with E-state index < -0.39 is 21.5 Å². The van der Waals surface area contributed by atoms with Crippen molar-refractivity contribution in [3.63, 3.8) is 0 Å². The Morgan fingerprint density at radius 2 is 2.04 bits per heavy atom. The number of aromatic amines is 1. The second kappa shape index (κ2) is 6.14. The van der Waals surface area contributed by atoms with Gasteiger partial charge in [-0.05, 0) is 31.0 Å². The summed E-state index contributed by atoms with van der Waals surface area (Å²) in [5.41, 5.74) is 0.111. The summed E-state index contributed by atoms with van der Waals surface area (Å²) in [7, 11) is -3.43. The van der Waals surface area contributed by atoms with Gasteiger partial charge in [-0.1, -0.05) is 11.6 Å². The summed E-state index contributed by atoms with van der Waals surface area (Å²) in [5, 5.41) is 0.00285. The first-order chi connectivity index (χ1) is 11.3. The molecule has 0 radical (unpaired) electrons. The van der Waals surface area contributed by atoms with Crippen molar-refractivity contribution in [2.24, 2.45) is 5.92 Å². The molecule has 8 heteroatoms. The summed E-state index contributed by atoms with van der Waals surface area (Å²) in [6.45, 7) is 0. The van der Waals surface area contributed by atoms with E-state index in [1.807, 2.05) is 0 Å². The molecule has 24 heavy (non-hydrogen) atoms. The Bertz CT molecular complexity index is 902. The van der Waals surface area contributed by atoms with Gasteiger partial charge in [0.1, 0.15) is 11.7 Å². The molecule has 3 rings (SSSR count). The number of ketones is 2. The summed E-state index contributed by atoms with van der Waals surface area (Å²) >= 11 is 6.11. The van der Waals surface area contributed by atoms with Crippen molar-refractivity contribution < 1.29 is 18.0 Å². The lowest BCUT2D eigenvalue weighted by molar-refractivity contribution is -0.120. The maximum Gasteiger partial charge on any atom is 0.182 e. The molecule has 0 aliphatic heterocycles. The molecule has 1 N–H and O–H groups in total. The molecule has 1 aromatic heterocycles. The van der Waals surface area contributed by atoms with Gasteiger partial charge in [-0.3, -0.25) is 9.59 Å². The molecule has 1 fully saturated rings. The van der Waals surface area contributed by atoms with E-state index in [0.717, 1.165) is 19.1 Å². The van der Waals surface area contributed by atoms with Crippen molar-refractivity contribution in [2.75, 3.05) is 6.26 Å². The molecule has 1 aliphatic carbocycles. The van der Waals surface area contributed by atoms with E-state index in [1.54, 1.807) is 6.20 Å². The van der Waals surface area contributed by atoms with Crippen LogP contribution in [0.15, 0.2) is 35.5 Å². The van der Waals surface area contributed by atoms with Gasteiger partial charge in [0, 0.05) is 30.1 Å². The predicted molar refractivity (Wildman–Crippen MR) is 88.0 cm³/mol. The lowest BCUT2D eigenvalue weighted by atomic mass is 9.90. The van der Waals surface area contributed by atoms with E-state index in [4.69, 9.17) is 11.6 Å². The molecular weight excluding hydrogens is 352 g/mol. The highest BCUT2D eigenvalue weighted by atomic mass is 35.5. The minimum absolute atomic E-state index is 0.00285. The molecule has 1 unspecified atom stereocenters. The van der Waals surface area contributed by atoms with Crippen LogP contribution >= 0.6 is 11.6 Å².